The summed E-state index contributed by atoms with van der Waals surface area (Å²) >= 11 is 0. The first-order chi connectivity index (χ1) is 13.0. The lowest BCUT2D eigenvalue weighted by atomic mass is 10.1. The van der Waals surface area contributed by atoms with Crippen molar-refractivity contribution in [2.24, 2.45) is 5.73 Å². The Hall–Kier alpha value is -2.86. The van der Waals surface area contributed by atoms with Gasteiger partial charge in [-0.05, 0) is 30.0 Å². The lowest BCUT2D eigenvalue weighted by molar-refractivity contribution is 0.111. The van der Waals surface area contributed by atoms with Crippen molar-refractivity contribution in [3.8, 4) is 0 Å². The van der Waals surface area contributed by atoms with E-state index in [1.807, 2.05) is 55.5 Å². The Morgan fingerprint density at radius 3 is 2.48 bits per heavy atom. The van der Waals surface area contributed by atoms with Crippen molar-refractivity contribution in [1.29, 1.82) is 5.41 Å². The zero-order valence-electron chi connectivity index (χ0n) is 16.2. The van der Waals surface area contributed by atoms with Gasteiger partial charge in [0, 0.05) is 7.05 Å². The van der Waals surface area contributed by atoms with Gasteiger partial charge < -0.3 is 10.5 Å². The molecule has 6 nitrogen and oxygen atoms in total. The fraction of sp³-hybridized carbons (Fsp3) is 0.333. The number of rotatable bonds is 7. The molecule has 0 aliphatic rings. The van der Waals surface area contributed by atoms with Gasteiger partial charge in [0.05, 0.1) is 25.4 Å². The maximum absolute atomic E-state index is 12.9. The molecule has 27 heavy (non-hydrogen) atoms. The molecular formula is C21H28N4O2. The predicted molar refractivity (Wildman–Crippen MR) is 109 cm³/mol. The number of benzene rings is 2. The molecular weight excluding hydrogens is 340 g/mol. The molecule has 0 spiro atoms. The number of aryl methyl sites for hydroxylation is 2. The van der Waals surface area contributed by atoms with Crippen molar-refractivity contribution < 1.29 is 9.53 Å². The Morgan fingerprint density at radius 1 is 1.15 bits per heavy atom. The Bertz CT molecular complexity index is 777. The van der Waals surface area contributed by atoms with Crippen molar-refractivity contribution in [1.82, 2.24) is 4.90 Å². The van der Waals surface area contributed by atoms with E-state index in [4.69, 9.17) is 15.9 Å². The van der Waals surface area contributed by atoms with E-state index in [2.05, 4.69) is 6.92 Å². The number of nitrogens with two attached hydrogens (primary N) is 1. The molecule has 0 heterocycles. The summed E-state index contributed by atoms with van der Waals surface area (Å²) in [6, 6.07) is 15.4. The largest absolute Gasteiger partial charge is 0.375 e. The van der Waals surface area contributed by atoms with Gasteiger partial charge in [-0.3, -0.25) is 15.2 Å². The zero-order chi connectivity index (χ0) is 19.8. The van der Waals surface area contributed by atoms with Crippen LogP contribution in [0.5, 0.6) is 0 Å². The van der Waals surface area contributed by atoms with Crippen molar-refractivity contribution in [2.75, 3.05) is 25.1 Å². The summed E-state index contributed by atoms with van der Waals surface area (Å²) in [6.45, 7) is 4.99. The maximum Gasteiger partial charge on any atom is 0.331 e. The zero-order valence-corrected chi connectivity index (χ0v) is 16.2. The number of hydrogen-bond acceptors (Lipinski definition) is 3. The Labute approximate surface area is 161 Å². The molecule has 2 rings (SSSR count). The molecule has 0 atom stereocenters. The average molecular weight is 368 g/mol. The van der Waals surface area contributed by atoms with Crippen molar-refractivity contribution in [3.05, 3.63) is 65.2 Å². The minimum absolute atomic E-state index is 0.221. The normalized spacial score (nSPS) is 10.5. The van der Waals surface area contributed by atoms with Crippen LogP contribution in [0.4, 0.5) is 10.5 Å². The van der Waals surface area contributed by atoms with Gasteiger partial charge in [0.1, 0.15) is 0 Å². The van der Waals surface area contributed by atoms with Crippen LogP contribution >= 0.6 is 0 Å². The molecule has 2 amide bonds. The first-order valence-electron chi connectivity index (χ1n) is 9.05. The van der Waals surface area contributed by atoms with Crippen LogP contribution in [-0.4, -0.2) is 37.1 Å². The Morgan fingerprint density at radius 2 is 1.85 bits per heavy atom. The summed E-state index contributed by atoms with van der Waals surface area (Å²) in [4.78, 5) is 15.7. The fourth-order valence-corrected chi connectivity index (χ4v) is 3.00. The second-order valence-corrected chi connectivity index (χ2v) is 6.35. The third kappa shape index (κ3) is 5.31. The second-order valence-electron chi connectivity index (χ2n) is 6.35. The van der Waals surface area contributed by atoms with Crippen molar-refractivity contribution in [3.63, 3.8) is 0 Å². The van der Waals surface area contributed by atoms with Gasteiger partial charge in [-0.15, -0.1) is 0 Å². The van der Waals surface area contributed by atoms with Crippen molar-refractivity contribution >= 4 is 17.7 Å². The van der Waals surface area contributed by atoms with E-state index < -0.39 is 0 Å². The number of para-hydroxylation sites is 1. The van der Waals surface area contributed by atoms with Gasteiger partial charge in [0.2, 0.25) is 0 Å². The lowest BCUT2D eigenvalue weighted by Gasteiger charge is -2.29. The number of guanidine groups is 1. The van der Waals surface area contributed by atoms with Crippen LogP contribution < -0.4 is 10.6 Å². The van der Waals surface area contributed by atoms with Gasteiger partial charge in [-0.1, -0.05) is 55.5 Å². The third-order valence-electron chi connectivity index (χ3n) is 4.42. The Balaban J connectivity index is 2.03. The molecule has 2 aromatic rings. The molecule has 0 aromatic heterocycles. The summed E-state index contributed by atoms with van der Waals surface area (Å²) in [5, 5.41) is 7.79. The summed E-state index contributed by atoms with van der Waals surface area (Å²) in [6.07, 6.45) is 0.814. The Kier molecular flexibility index (Phi) is 7.37. The van der Waals surface area contributed by atoms with E-state index in [1.54, 1.807) is 11.9 Å². The van der Waals surface area contributed by atoms with E-state index >= 15 is 0 Å². The van der Waals surface area contributed by atoms with E-state index in [1.165, 1.54) is 4.90 Å². The molecule has 0 aliphatic carbocycles. The molecule has 0 fully saturated rings. The monoisotopic (exact) mass is 368 g/mol. The maximum atomic E-state index is 12.9. The summed E-state index contributed by atoms with van der Waals surface area (Å²) in [7, 11) is 1.71. The number of nitrogens with zero attached hydrogens (tertiary/aromatic N) is 2. The summed E-state index contributed by atoms with van der Waals surface area (Å²) in [5.41, 5.74) is 9.67. The second kappa shape index (κ2) is 9.73. The predicted octanol–water partition coefficient (Wildman–Crippen LogP) is 3.53. The van der Waals surface area contributed by atoms with Crippen LogP contribution in [0.2, 0.25) is 0 Å². The van der Waals surface area contributed by atoms with Crippen LogP contribution in [0.25, 0.3) is 0 Å². The minimum atomic E-state index is -0.338. The number of carbonyl (C=O) groups is 1. The molecule has 3 N–H and O–H groups in total. The summed E-state index contributed by atoms with van der Waals surface area (Å²) in [5.74, 6) is -0.290. The lowest BCUT2D eigenvalue weighted by Crippen LogP contribution is -2.49. The standard InChI is InChI=1S/C21H28N4O2/c1-4-18-12-8-9-16(2)19(18)24(3)21(26)25(20(22)23)13-14-27-15-17-10-6-5-7-11-17/h5-12H,4,13-15H2,1-3H3,(H3,22,23). The van der Waals surface area contributed by atoms with Crippen LogP contribution in [0.3, 0.4) is 0 Å². The number of nitrogens with one attached hydrogen (secondary N) is 1. The summed E-state index contributed by atoms with van der Waals surface area (Å²) < 4.78 is 5.64. The molecule has 2 aromatic carbocycles. The van der Waals surface area contributed by atoms with Gasteiger partial charge in [-0.25, -0.2) is 4.79 Å². The molecule has 0 bridgehead atoms. The van der Waals surface area contributed by atoms with Crippen molar-refractivity contribution in [2.45, 2.75) is 26.9 Å². The first-order valence-corrected chi connectivity index (χ1v) is 9.05. The van der Waals surface area contributed by atoms with Crippen LogP contribution in [0.15, 0.2) is 48.5 Å². The topological polar surface area (TPSA) is 82.7 Å². The molecule has 0 saturated heterocycles. The van der Waals surface area contributed by atoms with Gasteiger partial charge in [-0.2, -0.15) is 0 Å². The van der Waals surface area contributed by atoms with E-state index in [9.17, 15) is 4.79 Å². The minimum Gasteiger partial charge on any atom is -0.375 e. The highest BCUT2D eigenvalue weighted by Crippen LogP contribution is 2.25. The quantitative estimate of drug-likeness (QED) is 0.446. The molecule has 0 radical (unpaired) electrons. The molecule has 0 aliphatic heterocycles. The SMILES string of the molecule is CCc1cccc(C)c1N(C)C(=O)N(CCOCc1ccccc1)C(=N)N. The fourth-order valence-electron chi connectivity index (χ4n) is 3.00. The van der Waals surface area contributed by atoms with Crippen LogP contribution in [0, 0.1) is 12.3 Å². The number of hydrogen-bond donors (Lipinski definition) is 2. The van der Waals surface area contributed by atoms with Gasteiger partial charge in [0.25, 0.3) is 0 Å². The van der Waals surface area contributed by atoms with Gasteiger partial charge in [0.15, 0.2) is 5.96 Å². The molecule has 144 valence electrons. The highest BCUT2D eigenvalue weighted by atomic mass is 16.5. The first kappa shape index (κ1) is 20.5. The average Bonchev–Trinajstić information content (AvgIpc) is 2.67. The number of ether oxygens (including phenoxy) is 1. The molecule has 6 heteroatoms. The van der Waals surface area contributed by atoms with E-state index in [-0.39, 0.29) is 18.5 Å². The molecule has 0 unspecified atom stereocenters. The van der Waals surface area contributed by atoms with E-state index in [0.29, 0.717) is 13.2 Å². The van der Waals surface area contributed by atoms with Gasteiger partial charge >= 0.3 is 6.03 Å². The number of carbonyl (C=O) groups excluding carboxylic acids is 1. The van der Waals surface area contributed by atoms with E-state index in [0.717, 1.165) is 28.8 Å². The smallest absolute Gasteiger partial charge is 0.331 e. The number of anilines is 1. The third-order valence-corrected chi connectivity index (χ3v) is 4.42. The van der Waals surface area contributed by atoms with Crippen LogP contribution in [0.1, 0.15) is 23.6 Å². The van der Waals surface area contributed by atoms with Crippen LogP contribution in [-0.2, 0) is 17.8 Å². The highest BCUT2D eigenvalue weighted by Gasteiger charge is 2.23. The number of amides is 2. The molecule has 0 saturated carbocycles. The highest BCUT2D eigenvalue weighted by molar-refractivity contribution is 6.02. The number of urea groups is 1.